The van der Waals surface area contributed by atoms with E-state index in [1.54, 1.807) is 0 Å². The smallest absolute Gasteiger partial charge is 0.252 e. The van der Waals surface area contributed by atoms with E-state index in [9.17, 15) is 4.79 Å². The Kier molecular flexibility index (Phi) is 3.24. The van der Waals surface area contributed by atoms with Gasteiger partial charge in [0.05, 0.1) is 5.92 Å². The van der Waals surface area contributed by atoms with Crippen molar-refractivity contribution in [2.75, 3.05) is 0 Å². The van der Waals surface area contributed by atoms with Gasteiger partial charge in [-0.1, -0.05) is 24.3 Å². The summed E-state index contributed by atoms with van der Waals surface area (Å²) in [6.45, 7) is 2.11. The average Bonchev–Trinajstić information content (AvgIpc) is 2.98. The van der Waals surface area contributed by atoms with E-state index in [-0.39, 0.29) is 23.7 Å². The molecule has 106 valence electrons. The van der Waals surface area contributed by atoms with Crippen LogP contribution in [0.1, 0.15) is 36.3 Å². The highest BCUT2D eigenvalue weighted by molar-refractivity contribution is 5.93. The summed E-state index contributed by atoms with van der Waals surface area (Å²) in [6.07, 6.45) is 3.48. The third kappa shape index (κ3) is 2.09. The van der Waals surface area contributed by atoms with Gasteiger partial charge in [-0.25, -0.2) is 0 Å². The lowest BCUT2D eigenvalue weighted by atomic mass is 9.74. The molecule has 2 bridgehead atoms. The number of guanidine groups is 1. The van der Waals surface area contributed by atoms with Gasteiger partial charge in [0.25, 0.3) is 5.91 Å². The highest BCUT2D eigenvalue weighted by Gasteiger charge is 2.51. The van der Waals surface area contributed by atoms with Crippen molar-refractivity contribution in [1.82, 2.24) is 0 Å². The van der Waals surface area contributed by atoms with Crippen LogP contribution in [0.5, 0.6) is 0 Å². The first kappa shape index (κ1) is 13.2. The highest BCUT2D eigenvalue weighted by atomic mass is 16.1. The molecule has 0 aliphatic heterocycles. The number of aliphatic imine (C=N–C) groups is 1. The molecule has 4 heteroatoms. The Hall–Kier alpha value is -1.84. The zero-order chi connectivity index (χ0) is 14.3. The molecule has 1 amide bonds. The maximum absolute atomic E-state index is 12.4. The number of hydrogen-bond acceptors (Lipinski definition) is 1. The first-order chi connectivity index (χ1) is 9.58. The molecule has 1 aromatic carbocycles. The monoisotopic (exact) mass is 271 g/mol. The van der Waals surface area contributed by atoms with Crippen LogP contribution >= 0.6 is 0 Å². The van der Waals surface area contributed by atoms with Crippen molar-refractivity contribution in [3.63, 3.8) is 0 Å². The summed E-state index contributed by atoms with van der Waals surface area (Å²) >= 11 is 0. The molecule has 20 heavy (non-hydrogen) atoms. The Morgan fingerprint density at radius 3 is 2.60 bits per heavy atom. The van der Waals surface area contributed by atoms with Crippen LogP contribution in [0.4, 0.5) is 0 Å². The topological polar surface area (TPSA) is 81.5 Å². The lowest BCUT2D eigenvalue weighted by Gasteiger charge is -2.30. The van der Waals surface area contributed by atoms with E-state index in [0.29, 0.717) is 11.8 Å². The van der Waals surface area contributed by atoms with E-state index < -0.39 is 0 Å². The third-order valence-electron chi connectivity index (χ3n) is 4.99. The summed E-state index contributed by atoms with van der Waals surface area (Å²) in [5, 5.41) is 0. The molecule has 0 saturated heterocycles. The quantitative estimate of drug-likeness (QED) is 0.637. The molecule has 4 N–H and O–H groups in total. The van der Waals surface area contributed by atoms with Gasteiger partial charge in [0.1, 0.15) is 0 Å². The molecule has 4 nitrogen and oxygen atoms in total. The Labute approximate surface area is 119 Å². The Morgan fingerprint density at radius 1 is 1.20 bits per heavy atom. The van der Waals surface area contributed by atoms with E-state index in [0.717, 1.165) is 12.8 Å². The zero-order valence-corrected chi connectivity index (χ0v) is 11.8. The highest BCUT2D eigenvalue weighted by Crippen LogP contribution is 2.57. The largest absolute Gasteiger partial charge is 0.370 e. The zero-order valence-electron chi connectivity index (χ0n) is 11.8. The number of aryl methyl sites for hydroxylation is 1. The van der Waals surface area contributed by atoms with Gasteiger partial charge in [0, 0.05) is 0 Å². The van der Waals surface area contributed by atoms with Gasteiger partial charge in [-0.3, -0.25) is 4.79 Å². The van der Waals surface area contributed by atoms with Gasteiger partial charge in [0.2, 0.25) is 0 Å². The molecule has 2 aliphatic rings. The minimum Gasteiger partial charge on any atom is -0.370 e. The van der Waals surface area contributed by atoms with Crippen molar-refractivity contribution in [3.05, 3.63) is 35.4 Å². The molecule has 4 atom stereocenters. The van der Waals surface area contributed by atoms with Crippen LogP contribution in [0, 0.1) is 24.7 Å². The Bertz CT molecular complexity index is 563. The molecule has 0 heterocycles. The van der Waals surface area contributed by atoms with Gasteiger partial charge in [-0.2, -0.15) is 4.99 Å². The van der Waals surface area contributed by atoms with Gasteiger partial charge in [0.15, 0.2) is 5.96 Å². The van der Waals surface area contributed by atoms with Crippen LogP contribution in [-0.4, -0.2) is 11.9 Å². The van der Waals surface area contributed by atoms with Crippen molar-refractivity contribution in [3.8, 4) is 0 Å². The average molecular weight is 271 g/mol. The maximum atomic E-state index is 12.4. The van der Waals surface area contributed by atoms with Crippen molar-refractivity contribution < 1.29 is 4.79 Å². The fourth-order valence-corrected chi connectivity index (χ4v) is 4.26. The SMILES string of the molecule is Cc1ccccc1[C@@H]1C2CCC(C2)C1C(=O)N=C(N)N. The molecule has 0 aromatic heterocycles. The number of benzene rings is 1. The molecular weight excluding hydrogens is 250 g/mol. The first-order valence-electron chi connectivity index (χ1n) is 7.27. The number of nitrogens with two attached hydrogens (primary N) is 2. The number of amides is 1. The fourth-order valence-electron chi connectivity index (χ4n) is 4.26. The molecule has 0 spiro atoms. The molecular formula is C16H21N3O. The summed E-state index contributed by atoms with van der Waals surface area (Å²) in [4.78, 5) is 16.2. The summed E-state index contributed by atoms with van der Waals surface area (Å²) in [6, 6.07) is 8.36. The second-order valence-corrected chi connectivity index (χ2v) is 6.12. The van der Waals surface area contributed by atoms with Gasteiger partial charge >= 0.3 is 0 Å². The summed E-state index contributed by atoms with van der Waals surface area (Å²) in [5.74, 6) is 1.03. The van der Waals surface area contributed by atoms with Gasteiger partial charge in [-0.15, -0.1) is 0 Å². The van der Waals surface area contributed by atoms with Crippen LogP contribution in [0.2, 0.25) is 0 Å². The van der Waals surface area contributed by atoms with E-state index in [4.69, 9.17) is 11.5 Å². The molecule has 0 radical (unpaired) electrons. The number of carbonyl (C=O) groups is 1. The first-order valence-corrected chi connectivity index (χ1v) is 7.27. The number of nitrogens with zero attached hydrogens (tertiary/aromatic N) is 1. The van der Waals surface area contributed by atoms with Crippen LogP contribution in [0.25, 0.3) is 0 Å². The molecule has 2 aliphatic carbocycles. The minimum absolute atomic E-state index is 0.0445. The molecule has 2 saturated carbocycles. The second-order valence-electron chi connectivity index (χ2n) is 6.12. The minimum atomic E-state index is -0.134. The third-order valence-corrected chi connectivity index (χ3v) is 4.99. The van der Waals surface area contributed by atoms with Crippen molar-refractivity contribution >= 4 is 11.9 Å². The van der Waals surface area contributed by atoms with Crippen LogP contribution in [-0.2, 0) is 4.79 Å². The molecule has 3 unspecified atom stereocenters. The standard InChI is InChI=1S/C16H21N3O/c1-9-4-2-3-5-12(9)13-10-6-7-11(8-10)14(13)15(20)19-16(17)18/h2-5,10-11,13-14H,6-8H2,1H3,(H4,17,18,19,20)/t10?,11?,13-,14?/m0/s1. The Morgan fingerprint density at radius 2 is 1.90 bits per heavy atom. The summed E-state index contributed by atoms with van der Waals surface area (Å²) in [7, 11) is 0. The van der Waals surface area contributed by atoms with E-state index in [1.807, 2.05) is 6.07 Å². The second kappa shape index (κ2) is 4.93. The summed E-state index contributed by atoms with van der Waals surface area (Å²) < 4.78 is 0. The number of carbonyl (C=O) groups excluding carboxylic acids is 1. The predicted molar refractivity (Wildman–Crippen MR) is 79.1 cm³/mol. The predicted octanol–water partition coefficient (Wildman–Crippen LogP) is 1.92. The number of rotatable bonds is 2. The van der Waals surface area contributed by atoms with E-state index in [2.05, 4.69) is 30.1 Å². The molecule has 3 rings (SSSR count). The maximum Gasteiger partial charge on any atom is 0.252 e. The van der Waals surface area contributed by atoms with Gasteiger partial charge < -0.3 is 11.5 Å². The number of fused-ring (bicyclic) bond motifs is 2. The van der Waals surface area contributed by atoms with E-state index >= 15 is 0 Å². The number of hydrogen-bond donors (Lipinski definition) is 2. The van der Waals surface area contributed by atoms with E-state index in [1.165, 1.54) is 17.5 Å². The van der Waals surface area contributed by atoms with Crippen molar-refractivity contribution in [2.45, 2.75) is 32.1 Å². The Balaban J connectivity index is 1.98. The van der Waals surface area contributed by atoms with Crippen LogP contribution in [0.15, 0.2) is 29.3 Å². The van der Waals surface area contributed by atoms with Crippen LogP contribution < -0.4 is 11.5 Å². The lowest BCUT2D eigenvalue weighted by molar-refractivity contribution is -0.123. The van der Waals surface area contributed by atoms with Crippen molar-refractivity contribution in [2.24, 2.45) is 34.2 Å². The van der Waals surface area contributed by atoms with Gasteiger partial charge in [-0.05, 0) is 55.1 Å². The van der Waals surface area contributed by atoms with Crippen molar-refractivity contribution in [1.29, 1.82) is 0 Å². The molecule has 2 fully saturated rings. The van der Waals surface area contributed by atoms with Crippen LogP contribution in [0.3, 0.4) is 0 Å². The normalized spacial score (nSPS) is 31.2. The summed E-state index contributed by atoms with van der Waals surface area (Å²) in [5.41, 5.74) is 13.3. The molecule has 1 aromatic rings. The fraction of sp³-hybridized carbons (Fsp3) is 0.500. The lowest BCUT2D eigenvalue weighted by Crippen LogP contribution is -2.31.